The first-order valence-corrected chi connectivity index (χ1v) is 10.3. The highest BCUT2D eigenvalue weighted by Crippen LogP contribution is 2.20. The van der Waals surface area contributed by atoms with Gasteiger partial charge in [-0.15, -0.1) is 0 Å². The number of anilines is 1. The summed E-state index contributed by atoms with van der Waals surface area (Å²) in [4.78, 5) is 31.5. The van der Waals surface area contributed by atoms with Crippen molar-refractivity contribution in [1.82, 2.24) is 14.9 Å². The van der Waals surface area contributed by atoms with Gasteiger partial charge in [-0.05, 0) is 36.8 Å². The Hall–Kier alpha value is -3.19. The first kappa shape index (κ1) is 20.1. The van der Waals surface area contributed by atoms with Gasteiger partial charge in [-0.1, -0.05) is 24.3 Å². The molecule has 7 heteroatoms. The SMILES string of the molecule is C[C@H](NC(=O)CCn1cnc2ccccc2c1=O)c1ccc(N2CCOCC2)cc1. The van der Waals surface area contributed by atoms with Crippen molar-refractivity contribution in [1.29, 1.82) is 0 Å². The molecule has 1 saturated heterocycles. The van der Waals surface area contributed by atoms with E-state index in [1.165, 1.54) is 16.6 Å². The summed E-state index contributed by atoms with van der Waals surface area (Å²) < 4.78 is 6.89. The summed E-state index contributed by atoms with van der Waals surface area (Å²) in [5.74, 6) is -0.0974. The number of amides is 1. The average Bonchev–Trinajstić information content (AvgIpc) is 2.79. The molecule has 0 unspecified atom stereocenters. The van der Waals surface area contributed by atoms with E-state index in [1.807, 2.05) is 31.2 Å². The van der Waals surface area contributed by atoms with Crippen molar-refractivity contribution in [3.63, 3.8) is 0 Å². The Labute approximate surface area is 175 Å². The summed E-state index contributed by atoms with van der Waals surface area (Å²) in [5, 5.41) is 3.58. The van der Waals surface area contributed by atoms with Gasteiger partial charge in [-0.3, -0.25) is 14.2 Å². The third-order valence-electron chi connectivity index (χ3n) is 5.46. The van der Waals surface area contributed by atoms with E-state index in [0.29, 0.717) is 17.4 Å². The van der Waals surface area contributed by atoms with Gasteiger partial charge in [0, 0.05) is 31.7 Å². The van der Waals surface area contributed by atoms with Crippen molar-refractivity contribution in [2.45, 2.75) is 25.9 Å². The van der Waals surface area contributed by atoms with Crippen LogP contribution >= 0.6 is 0 Å². The molecule has 2 heterocycles. The summed E-state index contributed by atoms with van der Waals surface area (Å²) >= 11 is 0. The zero-order valence-corrected chi connectivity index (χ0v) is 17.1. The first-order chi connectivity index (χ1) is 14.6. The number of benzene rings is 2. The number of fused-ring (bicyclic) bond motifs is 1. The molecule has 1 atom stereocenters. The summed E-state index contributed by atoms with van der Waals surface area (Å²) in [7, 11) is 0. The Morgan fingerprint density at radius 3 is 2.63 bits per heavy atom. The Morgan fingerprint density at radius 2 is 1.87 bits per heavy atom. The highest BCUT2D eigenvalue weighted by molar-refractivity contribution is 5.77. The van der Waals surface area contributed by atoms with Crippen LogP contribution in [0.25, 0.3) is 10.9 Å². The molecule has 0 saturated carbocycles. The van der Waals surface area contributed by atoms with Crippen LogP contribution in [0.5, 0.6) is 0 Å². The second-order valence-electron chi connectivity index (χ2n) is 7.49. The van der Waals surface area contributed by atoms with Crippen LogP contribution in [0.3, 0.4) is 0 Å². The number of nitrogens with zero attached hydrogens (tertiary/aromatic N) is 3. The fraction of sp³-hybridized carbons (Fsp3) is 0.348. The molecule has 1 aromatic heterocycles. The van der Waals surface area contributed by atoms with Crippen LogP contribution in [-0.2, 0) is 16.1 Å². The lowest BCUT2D eigenvalue weighted by Crippen LogP contribution is -2.36. The minimum Gasteiger partial charge on any atom is -0.378 e. The van der Waals surface area contributed by atoms with Crippen LogP contribution in [-0.4, -0.2) is 41.8 Å². The predicted octanol–water partition coefficient (Wildman–Crippen LogP) is 2.50. The molecule has 3 aromatic rings. The maximum Gasteiger partial charge on any atom is 0.261 e. The minimum absolute atomic E-state index is 0.0974. The van der Waals surface area contributed by atoms with Gasteiger partial charge in [-0.2, -0.15) is 0 Å². The van der Waals surface area contributed by atoms with Crippen LogP contribution in [0.4, 0.5) is 5.69 Å². The molecule has 1 amide bonds. The Bertz CT molecular complexity index is 1070. The molecule has 30 heavy (non-hydrogen) atoms. The zero-order chi connectivity index (χ0) is 20.9. The molecule has 1 aliphatic rings. The van der Waals surface area contributed by atoms with Crippen molar-refractivity contribution in [2.24, 2.45) is 0 Å². The Morgan fingerprint density at radius 1 is 1.13 bits per heavy atom. The molecule has 1 fully saturated rings. The highest BCUT2D eigenvalue weighted by Gasteiger charge is 2.14. The van der Waals surface area contributed by atoms with Crippen molar-refractivity contribution in [3.05, 3.63) is 70.8 Å². The molecular weight excluding hydrogens is 380 g/mol. The lowest BCUT2D eigenvalue weighted by molar-refractivity contribution is -0.121. The molecule has 156 valence electrons. The molecular formula is C23H26N4O3. The van der Waals surface area contributed by atoms with Crippen molar-refractivity contribution in [3.8, 4) is 0 Å². The number of nitrogens with one attached hydrogen (secondary N) is 1. The molecule has 0 radical (unpaired) electrons. The van der Waals surface area contributed by atoms with E-state index in [9.17, 15) is 9.59 Å². The second-order valence-corrected chi connectivity index (χ2v) is 7.49. The number of hydrogen-bond donors (Lipinski definition) is 1. The summed E-state index contributed by atoms with van der Waals surface area (Å²) in [6, 6.07) is 15.4. The monoisotopic (exact) mass is 406 g/mol. The van der Waals surface area contributed by atoms with Gasteiger partial charge in [0.2, 0.25) is 5.91 Å². The molecule has 0 bridgehead atoms. The first-order valence-electron chi connectivity index (χ1n) is 10.3. The smallest absolute Gasteiger partial charge is 0.261 e. The van der Waals surface area contributed by atoms with Gasteiger partial charge in [0.15, 0.2) is 0 Å². The third-order valence-corrected chi connectivity index (χ3v) is 5.46. The van der Waals surface area contributed by atoms with Gasteiger partial charge in [-0.25, -0.2) is 4.98 Å². The van der Waals surface area contributed by atoms with Gasteiger partial charge < -0.3 is 15.0 Å². The molecule has 0 aliphatic carbocycles. The molecule has 0 spiro atoms. The van der Waals surface area contributed by atoms with Crippen LogP contribution in [0.2, 0.25) is 0 Å². The number of para-hydroxylation sites is 1. The largest absolute Gasteiger partial charge is 0.378 e. The zero-order valence-electron chi connectivity index (χ0n) is 17.1. The molecule has 1 N–H and O–H groups in total. The number of carbonyl (C=O) groups excluding carboxylic acids is 1. The molecule has 4 rings (SSSR count). The third kappa shape index (κ3) is 4.52. The van der Waals surface area contributed by atoms with Crippen LogP contribution in [0.15, 0.2) is 59.7 Å². The van der Waals surface area contributed by atoms with E-state index in [0.717, 1.165) is 31.9 Å². The minimum atomic E-state index is -0.125. The van der Waals surface area contributed by atoms with Crippen molar-refractivity contribution >= 4 is 22.5 Å². The lowest BCUT2D eigenvalue weighted by Gasteiger charge is -2.29. The fourth-order valence-corrected chi connectivity index (χ4v) is 3.68. The number of ether oxygens (including phenoxy) is 1. The second kappa shape index (κ2) is 9.09. The maximum absolute atomic E-state index is 12.5. The molecule has 7 nitrogen and oxygen atoms in total. The standard InChI is InChI=1S/C23H26N4O3/c1-17(18-6-8-19(9-7-18)26-12-14-30-15-13-26)25-22(28)10-11-27-16-24-21-5-3-2-4-20(21)23(27)29/h2-9,16-17H,10-15H2,1H3,(H,25,28)/t17-/m0/s1. The van der Waals surface area contributed by atoms with Gasteiger partial charge >= 0.3 is 0 Å². The van der Waals surface area contributed by atoms with E-state index >= 15 is 0 Å². The number of carbonyl (C=O) groups is 1. The lowest BCUT2D eigenvalue weighted by atomic mass is 10.1. The van der Waals surface area contributed by atoms with Crippen LogP contribution in [0.1, 0.15) is 24.9 Å². The fourth-order valence-electron chi connectivity index (χ4n) is 3.68. The Balaban J connectivity index is 1.33. The van der Waals surface area contributed by atoms with Crippen LogP contribution in [0, 0.1) is 0 Å². The normalized spacial score (nSPS) is 15.2. The van der Waals surface area contributed by atoms with Crippen molar-refractivity contribution < 1.29 is 9.53 Å². The van der Waals surface area contributed by atoms with E-state index < -0.39 is 0 Å². The number of aromatic nitrogens is 2. The number of hydrogen-bond acceptors (Lipinski definition) is 5. The summed E-state index contributed by atoms with van der Waals surface area (Å²) in [6.07, 6.45) is 1.72. The van der Waals surface area contributed by atoms with Gasteiger partial charge in [0.25, 0.3) is 5.56 Å². The molecule has 1 aliphatic heterocycles. The number of aryl methyl sites for hydroxylation is 1. The van der Waals surface area contributed by atoms with Gasteiger partial charge in [0.1, 0.15) is 0 Å². The number of morpholine rings is 1. The van der Waals surface area contributed by atoms with E-state index in [-0.39, 0.29) is 23.9 Å². The van der Waals surface area contributed by atoms with E-state index in [1.54, 1.807) is 12.1 Å². The Kier molecular flexibility index (Phi) is 6.09. The topological polar surface area (TPSA) is 76.5 Å². The summed E-state index contributed by atoms with van der Waals surface area (Å²) in [5.41, 5.74) is 2.76. The van der Waals surface area contributed by atoms with E-state index in [2.05, 4.69) is 27.3 Å². The number of rotatable bonds is 6. The molecule has 2 aromatic carbocycles. The summed E-state index contributed by atoms with van der Waals surface area (Å²) in [6.45, 7) is 5.56. The maximum atomic E-state index is 12.5. The highest BCUT2D eigenvalue weighted by atomic mass is 16.5. The average molecular weight is 406 g/mol. The van der Waals surface area contributed by atoms with E-state index in [4.69, 9.17) is 4.74 Å². The van der Waals surface area contributed by atoms with Crippen molar-refractivity contribution in [2.75, 3.05) is 31.2 Å². The van der Waals surface area contributed by atoms with Crippen LogP contribution < -0.4 is 15.8 Å². The van der Waals surface area contributed by atoms with Gasteiger partial charge in [0.05, 0.1) is 36.5 Å². The predicted molar refractivity (Wildman–Crippen MR) is 117 cm³/mol. The quantitative estimate of drug-likeness (QED) is 0.681.